The van der Waals surface area contributed by atoms with Gasteiger partial charge in [-0.1, -0.05) is 6.07 Å². The van der Waals surface area contributed by atoms with Crippen LogP contribution in [0.5, 0.6) is 11.5 Å². The molecule has 1 heterocycles. The van der Waals surface area contributed by atoms with Crippen molar-refractivity contribution in [2.24, 2.45) is 0 Å². The van der Waals surface area contributed by atoms with E-state index in [9.17, 15) is 4.79 Å². The Morgan fingerprint density at radius 3 is 2.74 bits per heavy atom. The Hall–Kier alpha value is -2.82. The first-order valence-corrected chi connectivity index (χ1v) is 7.20. The first-order valence-electron chi connectivity index (χ1n) is 7.20. The van der Waals surface area contributed by atoms with E-state index in [0.717, 1.165) is 16.7 Å². The maximum Gasteiger partial charge on any atom is 0.330 e. The number of carbonyl (C=O) groups is 1. The average molecular weight is 313 g/mol. The van der Waals surface area contributed by atoms with Gasteiger partial charge in [0.15, 0.2) is 11.5 Å². The van der Waals surface area contributed by atoms with Gasteiger partial charge in [0.25, 0.3) is 0 Å². The van der Waals surface area contributed by atoms with Crippen molar-refractivity contribution >= 4 is 12.0 Å². The number of aromatic nitrogens is 1. The smallest absolute Gasteiger partial charge is 0.330 e. The van der Waals surface area contributed by atoms with Gasteiger partial charge in [-0.25, -0.2) is 4.79 Å². The predicted molar refractivity (Wildman–Crippen MR) is 88.4 cm³/mol. The summed E-state index contributed by atoms with van der Waals surface area (Å²) in [5, 5.41) is 0. The van der Waals surface area contributed by atoms with Crippen LogP contribution in [-0.2, 0) is 9.53 Å². The van der Waals surface area contributed by atoms with E-state index in [-0.39, 0.29) is 0 Å². The fraction of sp³-hybridized carbons (Fsp3) is 0.222. The highest BCUT2D eigenvalue weighted by Crippen LogP contribution is 2.33. The molecule has 1 aromatic heterocycles. The van der Waals surface area contributed by atoms with Crippen LogP contribution < -0.4 is 9.47 Å². The van der Waals surface area contributed by atoms with Gasteiger partial charge in [-0.05, 0) is 42.3 Å². The van der Waals surface area contributed by atoms with Gasteiger partial charge in [0.05, 0.1) is 20.8 Å². The van der Waals surface area contributed by atoms with Gasteiger partial charge in [-0.15, -0.1) is 0 Å². The molecule has 5 nitrogen and oxygen atoms in total. The molecule has 0 amide bonds. The van der Waals surface area contributed by atoms with Crippen LogP contribution in [0.25, 0.3) is 17.2 Å². The lowest BCUT2D eigenvalue weighted by atomic mass is 10.0. The van der Waals surface area contributed by atoms with Gasteiger partial charge in [0, 0.05) is 24.0 Å². The summed E-state index contributed by atoms with van der Waals surface area (Å²) in [5.74, 6) is 0.933. The minimum Gasteiger partial charge on any atom is -0.493 e. The lowest BCUT2D eigenvalue weighted by Crippen LogP contribution is -1.96. The molecule has 0 aliphatic rings. The van der Waals surface area contributed by atoms with Gasteiger partial charge < -0.3 is 14.2 Å². The Balaban J connectivity index is 2.44. The van der Waals surface area contributed by atoms with Gasteiger partial charge >= 0.3 is 5.97 Å². The standard InChI is InChI=1S/C18H19NO4/c1-4-23-17-11-14(5-7-16(17)21-2)15-12-19-10-9-13(15)6-8-18(20)22-3/h5-12H,4H2,1-3H3. The second-order valence-electron chi connectivity index (χ2n) is 4.62. The van der Waals surface area contributed by atoms with Crippen molar-refractivity contribution in [2.45, 2.75) is 6.92 Å². The molecule has 0 aliphatic carbocycles. The minimum atomic E-state index is -0.405. The molecular weight excluding hydrogens is 294 g/mol. The molecule has 0 bridgehead atoms. The number of hydrogen-bond donors (Lipinski definition) is 0. The molecule has 0 saturated carbocycles. The molecule has 0 atom stereocenters. The summed E-state index contributed by atoms with van der Waals surface area (Å²) < 4.78 is 15.5. The van der Waals surface area contributed by atoms with Crippen molar-refractivity contribution in [3.63, 3.8) is 0 Å². The quantitative estimate of drug-likeness (QED) is 0.604. The lowest BCUT2D eigenvalue weighted by molar-refractivity contribution is -0.134. The van der Waals surface area contributed by atoms with Crippen LogP contribution in [-0.4, -0.2) is 31.8 Å². The molecule has 120 valence electrons. The van der Waals surface area contributed by atoms with E-state index in [1.165, 1.54) is 13.2 Å². The molecule has 2 aromatic rings. The molecule has 1 aromatic carbocycles. The van der Waals surface area contributed by atoms with E-state index in [0.29, 0.717) is 18.1 Å². The number of hydrogen-bond acceptors (Lipinski definition) is 5. The molecule has 5 heteroatoms. The highest BCUT2D eigenvalue weighted by molar-refractivity contribution is 5.89. The number of carbonyl (C=O) groups excluding carboxylic acids is 1. The maximum atomic E-state index is 11.3. The van der Waals surface area contributed by atoms with Crippen LogP contribution in [0.2, 0.25) is 0 Å². The fourth-order valence-electron chi connectivity index (χ4n) is 2.13. The summed E-state index contributed by atoms with van der Waals surface area (Å²) in [6, 6.07) is 7.50. The first-order chi connectivity index (χ1) is 11.2. The number of rotatable bonds is 6. The van der Waals surface area contributed by atoms with Crippen LogP contribution in [0.15, 0.2) is 42.7 Å². The SMILES string of the molecule is CCOc1cc(-c2cnccc2C=CC(=O)OC)ccc1OC. The molecule has 0 aliphatic heterocycles. The number of nitrogens with zero attached hydrogens (tertiary/aromatic N) is 1. The Kier molecular flexibility index (Phi) is 5.74. The highest BCUT2D eigenvalue weighted by atomic mass is 16.5. The monoisotopic (exact) mass is 313 g/mol. The zero-order valence-corrected chi connectivity index (χ0v) is 13.4. The summed E-state index contributed by atoms with van der Waals surface area (Å²) >= 11 is 0. The Morgan fingerprint density at radius 2 is 2.04 bits per heavy atom. The van der Waals surface area contributed by atoms with Crippen LogP contribution in [0.1, 0.15) is 12.5 Å². The topological polar surface area (TPSA) is 57.7 Å². The van der Waals surface area contributed by atoms with Crippen LogP contribution in [0.3, 0.4) is 0 Å². The zero-order valence-electron chi connectivity index (χ0n) is 13.4. The van der Waals surface area contributed by atoms with Gasteiger partial charge in [-0.3, -0.25) is 4.98 Å². The molecular formula is C18H19NO4. The van der Waals surface area contributed by atoms with Crippen molar-refractivity contribution in [3.8, 4) is 22.6 Å². The molecule has 0 saturated heterocycles. The summed E-state index contributed by atoms with van der Waals surface area (Å²) in [6.45, 7) is 2.46. The summed E-state index contributed by atoms with van der Waals surface area (Å²) in [4.78, 5) is 15.5. The number of methoxy groups -OCH3 is 2. The van der Waals surface area contributed by atoms with Crippen molar-refractivity contribution in [3.05, 3.63) is 48.3 Å². The van der Waals surface area contributed by atoms with Crippen LogP contribution >= 0.6 is 0 Å². The second-order valence-corrected chi connectivity index (χ2v) is 4.62. The molecule has 0 spiro atoms. The first kappa shape index (κ1) is 16.5. The summed E-state index contributed by atoms with van der Waals surface area (Å²) in [6.07, 6.45) is 6.50. The number of ether oxygens (including phenoxy) is 3. The zero-order chi connectivity index (χ0) is 16.7. The van der Waals surface area contributed by atoms with E-state index < -0.39 is 5.97 Å². The van der Waals surface area contributed by atoms with Crippen LogP contribution in [0.4, 0.5) is 0 Å². The van der Waals surface area contributed by atoms with Crippen molar-refractivity contribution < 1.29 is 19.0 Å². The third-order valence-corrected chi connectivity index (χ3v) is 3.23. The molecule has 2 rings (SSSR count). The summed E-state index contributed by atoms with van der Waals surface area (Å²) in [5.41, 5.74) is 2.67. The van der Waals surface area contributed by atoms with Crippen molar-refractivity contribution in [1.82, 2.24) is 4.98 Å². The Morgan fingerprint density at radius 1 is 1.22 bits per heavy atom. The van der Waals surface area contributed by atoms with Gasteiger partial charge in [-0.2, -0.15) is 0 Å². The predicted octanol–water partition coefficient (Wildman–Crippen LogP) is 3.34. The fourth-order valence-corrected chi connectivity index (χ4v) is 2.13. The average Bonchev–Trinajstić information content (AvgIpc) is 2.60. The number of benzene rings is 1. The van der Waals surface area contributed by atoms with Crippen LogP contribution in [0, 0.1) is 0 Å². The Labute approximate surface area is 135 Å². The largest absolute Gasteiger partial charge is 0.493 e. The lowest BCUT2D eigenvalue weighted by Gasteiger charge is -2.12. The van der Waals surface area contributed by atoms with E-state index in [1.807, 2.05) is 31.2 Å². The molecule has 0 N–H and O–H groups in total. The molecule has 0 radical (unpaired) electrons. The maximum absolute atomic E-state index is 11.3. The number of esters is 1. The van der Waals surface area contributed by atoms with E-state index in [2.05, 4.69) is 9.72 Å². The van der Waals surface area contributed by atoms with E-state index in [4.69, 9.17) is 9.47 Å². The van der Waals surface area contributed by atoms with Crippen molar-refractivity contribution in [1.29, 1.82) is 0 Å². The second kappa shape index (κ2) is 7.98. The third-order valence-electron chi connectivity index (χ3n) is 3.23. The van der Waals surface area contributed by atoms with E-state index in [1.54, 1.807) is 25.6 Å². The van der Waals surface area contributed by atoms with E-state index >= 15 is 0 Å². The normalized spacial score (nSPS) is 10.6. The molecule has 23 heavy (non-hydrogen) atoms. The van der Waals surface area contributed by atoms with Crippen molar-refractivity contribution in [2.75, 3.05) is 20.8 Å². The van der Waals surface area contributed by atoms with Gasteiger partial charge in [0.1, 0.15) is 0 Å². The highest BCUT2D eigenvalue weighted by Gasteiger charge is 2.09. The third kappa shape index (κ3) is 4.10. The van der Waals surface area contributed by atoms with Gasteiger partial charge in [0.2, 0.25) is 0 Å². The molecule has 0 unspecified atom stereocenters. The molecule has 0 fully saturated rings. The summed E-state index contributed by atoms with van der Waals surface area (Å²) in [7, 11) is 2.95. The number of pyridine rings is 1. The minimum absolute atomic E-state index is 0.405. The Bertz CT molecular complexity index is 710.